The highest BCUT2D eigenvalue weighted by atomic mass is 15.2. The van der Waals surface area contributed by atoms with Crippen LogP contribution in [0.4, 0.5) is 0 Å². The molecule has 2 atom stereocenters. The predicted octanol–water partition coefficient (Wildman–Crippen LogP) is 4.13. The monoisotopic (exact) mass is 412 g/mol. The molecule has 5 rings (SSSR count). The second-order valence-corrected chi connectivity index (χ2v) is 8.96. The summed E-state index contributed by atoms with van der Waals surface area (Å²) >= 11 is 0. The van der Waals surface area contributed by atoms with Gasteiger partial charge in [0, 0.05) is 38.4 Å². The van der Waals surface area contributed by atoms with E-state index in [1.165, 1.54) is 46.4 Å². The van der Waals surface area contributed by atoms with Gasteiger partial charge in [-0.05, 0) is 59.6 Å². The minimum atomic E-state index is 0.373. The van der Waals surface area contributed by atoms with Crippen LogP contribution < -0.4 is 11.1 Å². The fraction of sp³-hybridized carbons (Fsp3) is 0.370. The van der Waals surface area contributed by atoms with Gasteiger partial charge in [0.1, 0.15) is 0 Å². The number of aryl methyl sites for hydroxylation is 1. The molecule has 160 valence electrons. The smallest absolute Gasteiger partial charge is 0.0607 e. The number of aromatic nitrogens is 1. The van der Waals surface area contributed by atoms with Gasteiger partial charge in [-0.15, -0.1) is 0 Å². The quantitative estimate of drug-likeness (QED) is 0.639. The Balaban J connectivity index is 1.40. The van der Waals surface area contributed by atoms with Crippen LogP contribution in [0.3, 0.4) is 0 Å². The van der Waals surface area contributed by atoms with Gasteiger partial charge in [-0.2, -0.15) is 0 Å². The molecule has 2 aliphatic rings. The topological polar surface area (TPSA) is 54.2 Å². The van der Waals surface area contributed by atoms with Gasteiger partial charge in [0.2, 0.25) is 0 Å². The molecule has 1 aromatic heterocycles. The SMILES string of the molecule is NCc1ccc(CN(CC2Cc3ccccc3CN2)C2CCCc3cccnc32)cc1. The van der Waals surface area contributed by atoms with Crippen LogP contribution >= 0.6 is 0 Å². The Hall–Kier alpha value is -2.53. The van der Waals surface area contributed by atoms with E-state index < -0.39 is 0 Å². The molecule has 0 amide bonds. The maximum absolute atomic E-state index is 5.81. The summed E-state index contributed by atoms with van der Waals surface area (Å²) in [7, 11) is 0. The minimum absolute atomic E-state index is 0.373. The number of nitrogens with zero attached hydrogens (tertiary/aromatic N) is 2. The first-order valence-corrected chi connectivity index (χ1v) is 11.6. The molecule has 0 saturated carbocycles. The van der Waals surface area contributed by atoms with Crippen molar-refractivity contribution < 1.29 is 0 Å². The normalized spacial score (nSPS) is 20.3. The Bertz CT molecular complexity index is 1010. The van der Waals surface area contributed by atoms with Crippen molar-refractivity contribution in [1.29, 1.82) is 0 Å². The van der Waals surface area contributed by atoms with Gasteiger partial charge in [-0.1, -0.05) is 54.6 Å². The zero-order chi connectivity index (χ0) is 21.0. The van der Waals surface area contributed by atoms with Crippen LogP contribution in [0.1, 0.15) is 52.4 Å². The Morgan fingerprint density at radius 2 is 1.71 bits per heavy atom. The highest BCUT2D eigenvalue weighted by Gasteiger charge is 2.30. The first kappa shape index (κ1) is 20.4. The first-order chi connectivity index (χ1) is 15.3. The van der Waals surface area contributed by atoms with E-state index in [1.807, 2.05) is 6.20 Å². The Labute approximate surface area is 185 Å². The molecule has 3 aromatic rings. The van der Waals surface area contributed by atoms with Crippen LogP contribution in [0.2, 0.25) is 0 Å². The number of benzene rings is 2. The van der Waals surface area contributed by atoms with Crippen LogP contribution in [-0.2, 0) is 32.5 Å². The molecule has 4 nitrogen and oxygen atoms in total. The number of pyridine rings is 1. The lowest BCUT2D eigenvalue weighted by Gasteiger charge is -2.38. The molecule has 0 radical (unpaired) electrons. The summed E-state index contributed by atoms with van der Waals surface area (Å²) in [5, 5.41) is 3.79. The predicted molar refractivity (Wildman–Crippen MR) is 125 cm³/mol. The van der Waals surface area contributed by atoms with Gasteiger partial charge in [0.05, 0.1) is 11.7 Å². The fourth-order valence-electron chi connectivity index (χ4n) is 5.19. The van der Waals surface area contributed by atoms with E-state index in [0.29, 0.717) is 18.6 Å². The molecule has 2 unspecified atom stereocenters. The third kappa shape index (κ3) is 4.57. The van der Waals surface area contributed by atoms with Gasteiger partial charge >= 0.3 is 0 Å². The zero-order valence-corrected chi connectivity index (χ0v) is 18.1. The first-order valence-electron chi connectivity index (χ1n) is 11.6. The van der Waals surface area contributed by atoms with Crippen molar-refractivity contribution in [2.24, 2.45) is 5.73 Å². The van der Waals surface area contributed by atoms with Gasteiger partial charge in [-0.25, -0.2) is 0 Å². The largest absolute Gasteiger partial charge is 0.326 e. The van der Waals surface area contributed by atoms with E-state index in [2.05, 4.69) is 70.9 Å². The van der Waals surface area contributed by atoms with E-state index in [0.717, 1.165) is 32.5 Å². The van der Waals surface area contributed by atoms with E-state index in [4.69, 9.17) is 10.7 Å². The molecule has 4 heteroatoms. The van der Waals surface area contributed by atoms with Crippen molar-refractivity contribution in [3.05, 3.63) is 100 Å². The lowest BCUT2D eigenvalue weighted by Crippen LogP contribution is -2.46. The lowest BCUT2D eigenvalue weighted by atomic mass is 9.89. The van der Waals surface area contributed by atoms with Gasteiger partial charge in [0.15, 0.2) is 0 Å². The zero-order valence-electron chi connectivity index (χ0n) is 18.1. The molecule has 0 fully saturated rings. The van der Waals surface area contributed by atoms with Crippen LogP contribution in [-0.4, -0.2) is 22.5 Å². The third-order valence-electron chi connectivity index (χ3n) is 6.87. The molecule has 3 N–H and O–H groups in total. The van der Waals surface area contributed by atoms with Crippen molar-refractivity contribution in [3.8, 4) is 0 Å². The van der Waals surface area contributed by atoms with Crippen LogP contribution in [0, 0.1) is 0 Å². The van der Waals surface area contributed by atoms with Gasteiger partial charge < -0.3 is 11.1 Å². The number of hydrogen-bond acceptors (Lipinski definition) is 4. The maximum Gasteiger partial charge on any atom is 0.0607 e. The van der Waals surface area contributed by atoms with Crippen molar-refractivity contribution in [1.82, 2.24) is 15.2 Å². The summed E-state index contributed by atoms with van der Waals surface area (Å²) in [5.74, 6) is 0. The molecular formula is C27H32N4. The second kappa shape index (κ2) is 9.31. The molecule has 1 aliphatic heterocycles. The molecule has 2 aromatic carbocycles. The number of nitrogens with two attached hydrogens (primary N) is 1. The summed E-state index contributed by atoms with van der Waals surface area (Å²) in [5.41, 5.74) is 14.0. The fourth-order valence-corrected chi connectivity index (χ4v) is 5.19. The standard InChI is InChI=1S/C27H32N4/c28-16-20-10-12-21(13-11-20)18-31(26-9-3-7-22-8-4-14-29-27(22)26)19-25-15-23-5-1-2-6-24(23)17-30-25/h1-2,4-6,8,10-14,25-26,30H,3,7,9,15-19,28H2. The highest BCUT2D eigenvalue weighted by molar-refractivity contribution is 5.31. The molecule has 1 aliphatic carbocycles. The minimum Gasteiger partial charge on any atom is -0.326 e. The Kier molecular flexibility index (Phi) is 6.12. The average Bonchev–Trinajstić information content (AvgIpc) is 2.83. The number of hydrogen-bond donors (Lipinski definition) is 2. The van der Waals surface area contributed by atoms with Gasteiger partial charge in [-0.3, -0.25) is 9.88 Å². The molecule has 0 saturated heterocycles. The molecular weight excluding hydrogens is 380 g/mol. The lowest BCUT2D eigenvalue weighted by molar-refractivity contribution is 0.145. The van der Waals surface area contributed by atoms with E-state index in [9.17, 15) is 0 Å². The maximum atomic E-state index is 5.81. The highest BCUT2D eigenvalue weighted by Crippen LogP contribution is 2.34. The van der Waals surface area contributed by atoms with Crippen molar-refractivity contribution >= 4 is 0 Å². The summed E-state index contributed by atoms with van der Waals surface area (Å²) in [4.78, 5) is 7.50. The molecule has 31 heavy (non-hydrogen) atoms. The van der Waals surface area contributed by atoms with Crippen LogP contribution in [0.15, 0.2) is 66.9 Å². The number of fused-ring (bicyclic) bond motifs is 2. The Morgan fingerprint density at radius 3 is 2.55 bits per heavy atom. The summed E-state index contributed by atoms with van der Waals surface area (Å²) in [6.45, 7) is 3.51. The molecule has 0 bridgehead atoms. The van der Waals surface area contributed by atoms with Gasteiger partial charge in [0.25, 0.3) is 0 Å². The van der Waals surface area contributed by atoms with Crippen molar-refractivity contribution in [2.75, 3.05) is 6.54 Å². The van der Waals surface area contributed by atoms with Crippen molar-refractivity contribution in [3.63, 3.8) is 0 Å². The third-order valence-corrected chi connectivity index (χ3v) is 6.87. The summed E-state index contributed by atoms with van der Waals surface area (Å²) in [6, 6.07) is 22.8. The van der Waals surface area contributed by atoms with E-state index in [1.54, 1.807) is 0 Å². The van der Waals surface area contributed by atoms with Crippen molar-refractivity contribution in [2.45, 2.75) is 57.4 Å². The van der Waals surface area contributed by atoms with Crippen LogP contribution in [0.5, 0.6) is 0 Å². The van der Waals surface area contributed by atoms with E-state index >= 15 is 0 Å². The van der Waals surface area contributed by atoms with E-state index in [-0.39, 0.29) is 0 Å². The number of nitrogens with one attached hydrogen (secondary N) is 1. The summed E-state index contributed by atoms with van der Waals surface area (Å²) in [6.07, 6.45) is 6.59. The number of rotatable bonds is 6. The molecule has 2 heterocycles. The van der Waals surface area contributed by atoms with Crippen LogP contribution in [0.25, 0.3) is 0 Å². The molecule has 0 spiro atoms. The average molecular weight is 413 g/mol. The Morgan fingerprint density at radius 1 is 0.935 bits per heavy atom. The summed E-state index contributed by atoms with van der Waals surface area (Å²) < 4.78 is 0. The second-order valence-electron chi connectivity index (χ2n) is 8.96.